The first-order valence-electron chi connectivity index (χ1n) is 37.0. The summed E-state index contributed by atoms with van der Waals surface area (Å²) in [7, 11) is 0. The zero-order valence-corrected chi connectivity index (χ0v) is 63.4. The van der Waals surface area contributed by atoms with Crippen LogP contribution in [0.2, 0.25) is 0 Å². The minimum absolute atomic E-state index is 0.810. The molecule has 0 N–H and O–H groups in total. The fourth-order valence-corrected chi connectivity index (χ4v) is 11.0. The minimum atomic E-state index is 0.810. The van der Waals surface area contributed by atoms with Gasteiger partial charge in [0.05, 0.1) is 85.5 Å². The van der Waals surface area contributed by atoms with Gasteiger partial charge in [0.2, 0.25) is 0 Å². The maximum Gasteiger partial charge on any atom is 0.159 e. The second-order valence-electron chi connectivity index (χ2n) is 24.6. The molecule has 24 rings (SSSR count). The highest BCUT2D eigenvalue weighted by Crippen LogP contribution is 2.15. The van der Waals surface area contributed by atoms with E-state index in [0.717, 1.165) is 104 Å². The van der Waals surface area contributed by atoms with Crippen molar-refractivity contribution in [2.75, 3.05) is 0 Å². The van der Waals surface area contributed by atoms with Gasteiger partial charge in [0.25, 0.3) is 0 Å². The third-order valence-electron chi connectivity index (χ3n) is 16.8. The number of rotatable bonds is 0. The molecule has 0 spiro atoms. The molecule has 18 heterocycles. The molecule has 24 aromatic rings. The summed E-state index contributed by atoms with van der Waals surface area (Å²) in [5, 5.41) is 29.6. The zero-order valence-electron chi connectivity index (χ0n) is 63.4. The number of pyridine rings is 11. The Balaban J connectivity index is 0.000000112. The van der Waals surface area contributed by atoms with Gasteiger partial charge >= 0.3 is 0 Å². The van der Waals surface area contributed by atoms with Crippen molar-refractivity contribution in [1.82, 2.24) is 114 Å². The lowest BCUT2D eigenvalue weighted by Crippen LogP contribution is -1.81. The van der Waals surface area contributed by atoms with E-state index in [-0.39, 0.29) is 0 Å². The molecule has 0 fully saturated rings. The van der Waals surface area contributed by atoms with Gasteiger partial charge in [-0.2, -0.15) is 25.5 Å². The average Bonchev–Trinajstić information content (AvgIpc) is 1.84. The molecule has 6 aromatic carbocycles. The summed E-state index contributed by atoms with van der Waals surface area (Å²) in [6.07, 6.45) is 44.1. The molecule has 118 heavy (non-hydrogen) atoms. The monoisotopic (exact) mass is 1540 g/mol. The van der Waals surface area contributed by atoms with E-state index in [4.69, 9.17) is 0 Å². The Morgan fingerprint density at radius 2 is 0.593 bits per heavy atom. The molecular formula is C95H73N23. The largest absolute Gasteiger partial charge is 0.290 e. The summed E-state index contributed by atoms with van der Waals surface area (Å²) in [6, 6.07) is 94.7. The first-order chi connectivity index (χ1) is 58.6. The lowest BCUT2D eigenvalue weighted by molar-refractivity contribution is 0.961. The van der Waals surface area contributed by atoms with Crippen LogP contribution in [0.5, 0.6) is 0 Å². The van der Waals surface area contributed by atoms with Crippen molar-refractivity contribution in [2.45, 2.75) is 0 Å². The van der Waals surface area contributed by atoms with Gasteiger partial charge in [-0.1, -0.05) is 133 Å². The van der Waals surface area contributed by atoms with Gasteiger partial charge in [0, 0.05) is 155 Å². The van der Waals surface area contributed by atoms with E-state index in [9.17, 15) is 0 Å². The van der Waals surface area contributed by atoms with Crippen molar-refractivity contribution in [2.24, 2.45) is 0 Å². The Morgan fingerprint density at radius 1 is 0.195 bits per heavy atom. The maximum absolute atomic E-state index is 4.18. The number of nitrogens with zero attached hydrogens (tertiary/aromatic N) is 23. The second-order valence-corrected chi connectivity index (χ2v) is 24.6. The topological polar surface area (TPSA) is 280 Å². The Bertz CT molecular complexity index is 5120. The molecule has 0 saturated heterocycles. The average molecular weight is 1540 g/mol. The number of fused-ring (bicyclic) bond motifs is 12. The Morgan fingerprint density at radius 3 is 1.13 bits per heavy atom. The van der Waals surface area contributed by atoms with Gasteiger partial charge in [-0.15, -0.1) is 0 Å². The van der Waals surface area contributed by atoms with Gasteiger partial charge in [0.15, 0.2) is 5.65 Å². The van der Waals surface area contributed by atoms with Crippen LogP contribution >= 0.6 is 0 Å². The smallest absolute Gasteiger partial charge is 0.159 e. The molecule has 0 radical (unpaired) electrons. The summed E-state index contributed by atoms with van der Waals surface area (Å²) < 4.78 is 3.69. The molecule has 23 nitrogen and oxygen atoms in total. The zero-order chi connectivity index (χ0) is 80.3. The van der Waals surface area contributed by atoms with Crippen molar-refractivity contribution in [3.05, 3.63) is 446 Å². The molecule has 18 aromatic heterocycles. The number of benzene rings is 6. The molecule has 23 heteroatoms. The van der Waals surface area contributed by atoms with Crippen molar-refractivity contribution in [3.8, 4) is 0 Å². The normalized spacial score (nSPS) is 10.0. The van der Waals surface area contributed by atoms with Crippen LogP contribution in [-0.4, -0.2) is 114 Å². The molecule has 0 bridgehead atoms. The highest BCUT2D eigenvalue weighted by molar-refractivity contribution is 5.83. The lowest BCUT2D eigenvalue weighted by Gasteiger charge is -1.91. The van der Waals surface area contributed by atoms with Gasteiger partial charge in [-0.25, -0.2) is 34.4 Å². The van der Waals surface area contributed by atoms with Crippen LogP contribution in [0.15, 0.2) is 446 Å². The summed E-state index contributed by atoms with van der Waals surface area (Å²) in [4.78, 5) is 65.0. The SMILES string of the molecule is c1cc2nccn2cn1.c1ccc2cnccc2c1.c1ccc2cnncc2c1.c1ccc2ncccc2c1.c1ccc2nccnc2c1.c1ccc2ncncc2c1.c1ccc2nnccc2c1.c1ccn2nccc2c1.c1cnc2cccnc2c1.c1cnc2cccnc2c1.c1cnc2cnccc2c1.c1cnc2ncccc2c1. The van der Waals surface area contributed by atoms with E-state index in [1.807, 2.05) is 313 Å². The molecular weight excluding hydrogens is 1460 g/mol. The highest BCUT2D eigenvalue weighted by atomic mass is 15.2. The lowest BCUT2D eigenvalue weighted by atomic mass is 10.2. The number of hydrogen-bond acceptors (Lipinski definition) is 21. The minimum Gasteiger partial charge on any atom is -0.290 e. The Kier molecular flexibility index (Phi) is 29.6. The molecule has 0 unspecified atom stereocenters. The van der Waals surface area contributed by atoms with E-state index in [0.29, 0.717) is 0 Å². The van der Waals surface area contributed by atoms with Crippen LogP contribution in [0.3, 0.4) is 0 Å². The van der Waals surface area contributed by atoms with E-state index in [1.165, 1.54) is 16.2 Å². The van der Waals surface area contributed by atoms with Crippen LogP contribution in [0.1, 0.15) is 0 Å². The molecule has 0 aliphatic rings. The fourth-order valence-electron chi connectivity index (χ4n) is 11.0. The number of imidazole rings is 1. The Labute approximate surface area is 677 Å². The van der Waals surface area contributed by atoms with Crippen molar-refractivity contribution >= 4 is 120 Å². The molecule has 0 aliphatic carbocycles. The number of hydrogen-bond donors (Lipinski definition) is 0. The van der Waals surface area contributed by atoms with Gasteiger partial charge in [-0.05, 0) is 168 Å². The van der Waals surface area contributed by atoms with E-state index >= 15 is 0 Å². The fraction of sp³-hybridized carbons (Fsp3) is 0. The van der Waals surface area contributed by atoms with Gasteiger partial charge in [-0.3, -0.25) is 54.2 Å². The molecule has 0 saturated carbocycles. The highest BCUT2D eigenvalue weighted by Gasteiger charge is 1.97. The van der Waals surface area contributed by atoms with Gasteiger partial charge in [0.1, 0.15) is 18.3 Å². The first-order valence-corrected chi connectivity index (χ1v) is 37.0. The molecule has 0 amide bonds. The number of para-hydroxylation sites is 4. The second kappa shape index (κ2) is 44.2. The third kappa shape index (κ3) is 24.5. The Hall–Kier alpha value is -17.0. The summed E-state index contributed by atoms with van der Waals surface area (Å²) >= 11 is 0. The first kappa shape index (κ1) is 79.1. The van der Waals surface area contributed by atoms with Crippen LogP contribution in [0.4, 0.5) is 0 Å². The predicted molar refractivity (Wildman–Crippen MR) is 468 cm³/mol. The third-order valence-corrected chi connectivity index (χ3v) is 16.8. The molecule has 0 atom stereocenters. The quantitative estimate of drug-likeness (QED) is 0.136. The van der Waals surface area contributed by atoms with Crippen LogP contribution < -0.4 is 0 Å². The summed E-state index contributed by atoms with van der Waals surface area (Å²) in [6.45, 7) is 0. The van der Waals surface area contributed by atoms with Crippen LogP contribution in [0.25, 0.3) is 120 Å². The van der Waals surface area contributed by atoms with Crippen LogP contribution in [0, 0.1) is 0 Å². The standard InChI is InChI=1S/2C9H7N.8C8H6N2.C7H6N2.C6H5N3/c1-2-6-9-8(4-1)5-3-7-10-9;1-2-4-9-7-10-6-5-8(9)3-1;2*1-3-7-8(9-5-1)4-2-6-10-7;1-3-7-4-2-6-10-8(7)9-5-1;1-2-7-3-5-9-6-8(7)10-4-1;1-2-4-8-7(3-1)5-9-6-10-8;1-2-4-8-6-10-9-5-7(8)3-1;1-2-4-8-7(3-1)9-5-6-10-8;1-2-4-8-7(3-1)5-6-9-10-8;1-2-6-9-7(3-1)4-5-8-9;1-2-7-5-9-4-3-8-6(1)9/h2*1-7H;8*1-6H;1-6H;1-5H. The molecule has 568 valence electrons. The van der Waals surface area contributed by atoms with E-state index in [2.05, 4.69) is 130 Å². The molecule has 0 aliphatic heterocycles. The van der Waals surface area contributed by atoms with Crippen molar-refractivity contribution in [3.63, 3.8) is 0 Å². The summed E-state index contributed by atoms with van der Waals surface area (Å²) in [5.74, 6) is 0. The maximum atomic E-state index is 4.18. The summed E-state index contributed by atoms with van der Waals surface area (Å²) in [5.41, 5.74) is 12.5. The van der Waals surface area contributed by atoms with E-state index in [1.54, 1.807) is 118 Å². The predicted octanol–water partition coefficient (Wildman–Crippen LogP) is 19.6. The van der Waals surface area contributed by atoms with E-state index < -0.39 is 0 Å². The van der Waals surface area contributed by atoms with Crippen molar-refractivity contribution < 1.29 is 0 Å². The van der Waals surface area contributed by atoms with Gasteiger partial charge < -0.3 is 0 Å². The van der Waals surface area contributed by atoms with Crippen LogP contribution in [-0.2, 0) is 0 Å². The van der Waals surface area contributed by atoms with Crippen molar-refractivity contribution in [1.29, 1.82) is 0 Å². The number of aromatic nitrogens is 23.